The zero-order chi connectivity index (χ0) is 23.2. The van der Waals surface area contributed by atoms with Crippen LogP contribution in [0.2, 0.25) is 0 Å². The van der Waals surface area contributed by atoms with Crippen LogP contribution in [-0.2, 0) is 9.53 Å². The van der Waals surface area contributed by atoms with Crippen molar-refractivity contribution in [3.63, 3.8) is 0 Å². The molecule has 1 atom stereocenters. The summed E-state index contributed by atoms with van der Waals surface area (Å²) in [4.78, 5) is 29.8. The van der Waals surface area contributed by atoms with E-state index < -0.39 is 5.92 Å². The van der Waals surface area contributed by atoms with Gasteiger partial charge in [0, 0.05) is 23.2 Å². The molecule has 0 saturated heterocycles. The lowest BCUT2D eigenvalue weighted by Gasteiger charge is -2.27. The summed E-state index contributed by atoms with van der Waals surface area (Å²) in [5, 5.41) is 0. The van der Waals surface area contributed by atoms with Gasteiger partial charge in [0.25, 0.3) is 0 Å². The molecule has 0 spiro atoms. The Hall–Kier alpha value is -4.33. The standard InChI is InChI=1S/C26H19NO7/c1-30-22(28)13-17-15-3-2-8-27-26(15)34-19-7-5-16-24(29)21(33-25(16)23(17)19)12-14-4-6-18-20(11-14)32-10-9-31-18/h2-8,11-12,17H,9-10,13H2,1H3. The minimum atomic E-state index is -0.434. The van der Waals surface area contributed by atoms with Crippen molar-refractivity contribution in [2.45, 2.75) is 12.3 Å². The molecule has 4 heterocycles. The molecular formula is C26H19NO7. The first-order valence-corrected chi connectivity index (χ1v) is 10.8. The molecule has 0 N–H and O–H groups in total. The Labute approximate surface area is 194 Å². The number of fused-ring (bicyclic) bond motifs is 5. The minimum Gasteiger partial charge on any atom is -0.486 e. The summed E-state index contributed by atoms with van der Waals surface area (Å²) in [5.41, 5.74) is 2.51. The number of rotatable bonds is 3. The smallest absolute Gasteiger partial charge is 0.306 e. The van der Waals surface area contributed by atoms with Gasteiger partial charge in [0.1, 0.15) is 24.7 Å². The summed E-state index contributed by atoms with van der Waals surface area (Å²) in [5.74, 6) is 1.69. The molecular weight excluding hydrogens is 438 g/mol. The highest BCUT2D eigenvalue weighted by atomic mass is 16.6. The van der Waals surface area contributed by atoms with Crippen LogP contribution < -0.4 is 18.9 Å². The molecule has 0 aliphatic carbocycles. The van der Waals surface area contributed by atoms with Gasteiger partial charge in [-0.25, -0.2) is 4.98 Å². The maximum atomic E-state index is 13.2. The number of benzene rings is 2. The molecule has 34 heavy (non-hydrogen) atoms. The molecule has 170 valence electrons. The maximum absolute atomic E-state index is 13.2. The van der Waals surface area contributed by atoms with Crippen LogP contribution in [0.15, 0.2) is 54.4 Å². The fourth-order valence-corrected chi connectivity index (χ4v) is 4.45. The zero-order valence-electron chi connectivity index (χ0n) is 18.2. The number of ketones is 1. The van der Waals surface area contributed by atoms with Crippen molar-refractivity contribution in [1.29, 1.82) is 0 Å². The Morgan fingerprint density at radius 2 is 1.91 bits per heavy atom. The fraction of sp³-hybridized carbons (Fsp3) is 0.192. The lowest BCUT2D eigenvalue weighted by molar-refractivity contribution is -0.140. The Balaban J connectivity index is 1.41. The van der Waals surface area contributed by atoms with Crippen molar-refractivity contribution in [3.05, 3.63) is 76.7 Å². The molecule has 1 aromatic heterocycles. The predicted molar refractivity (Wildman–Crippen MR) is 120 cm³/mol. The number of carbonyl (C=O) groups excluding carboxylic acids is 2. The highest BCUT2D eigenvalue weighted by Crippen LogP contribution is 2.52. The number of pyridine rings is 1. The number of Topliss-reactive ketones (excluding diaryl/α,β-unsaturated/α-hetero) is 1. The van der Waals surface area contributed by atoms with Crippen LogP contribution in [0.4, 0.5) is 0 Å². The zero-order valence-corrected chi connectivity index (χ0v) is 18.2. The van der Waals surface area contributed by atoms with Crippen LogP contribution in [0.3, 0.4) is 0 Å². The summed E-state index contributed by atoms with van der Waals surface area (Å²) in [6.45, 7) is 0.973. The molecule has 1 unspecified atom stereocenters. The number of allylic oxidation sites excluding steroid dienone is 1. The van der Waals surface area contributed by atoms with E-state index in [9.17, 15) is 9.59 Å². The monoisotopic (exact) mass is 457 g/mol. The number of hydrogen-bond donors (Lipinski definition) is 0. The largest absolute Gasteiger partial charge is 0.486 e. The molecule has 8 nitrogen and oxygen atoms in total. The topological polar surface area (TPSA) is 93.2 Å². The molecule has 0 amide bonds. The third-order valence-electron chi connectivity index (χ3n) is 6.03. The Morgan fingerprint density at radius 3 is 2.76 bits per heavy atom. The van der Waals surface area contributed by atoms with E-state index in [0.717, 1.165) is 11.1 Å². The normalized spacial score (nSPS) is 18.3. The molecule has 0 saturated carbocycles. The van der Waals surface area contributed by atoms with Crippen molar-refractivity contribution in [2.24, 2.45) is 0 Å². The second-order valence-electron chi connectivity index (χ2n) is 8.03. The molecule has 2 aromatic carbocycles. The highest BCUT2D eigenvalue weighted by molar-refractivity contribution is 6.15. The van der Waals surface area contributed by atoms with E-state index in [-0.39, 0.29) is 23.9 Å². The first-order chi connectivity index (χ1) is 16.6. The van der Waals surface area contributed by atoms with Crippen LogP contribution in [0.1, 0.15) is 39.4 Å². The molecule has 0 bridgehead atoms. The maximum Gasteiger partial charge on any atom is 0.306 e. The molecule has 0 fully saturated rings. The quantitative estimate of drug-likeness (QED) is 0.425. The molecule has 3 aromatic rings. The van der Waals surface area contributed by atoms with Crippen LogP contribution in [0.5, 0.6) is 28.9 Å². The van der Waals surface area contributed by atoms with Crippen LogP contribution in [-0.4, -0.2) is 37.1 Å². The fourth-order valence-electron chi connectivity index (χ4n) is 4.45. The average molecular weight is 457 g/mol. The van der Waals surface area contributed by atoms with Gasteiger partial charge in [-0.3, -0.25) is 9.59 Å². The molecule has 3 aliphatic rings. The van der Waals surface area contributed by atoms with E-state index in [2.05, 4.69) is 4.98 Å². The highest BCUT2D eigenvalue weighted by Gasteiger charge is 2.39. The van der Waals surface area contributed by atoms with Crippen LogP contribution >= 0.6 is 0 Å². The van der Waals surface area contributed by atoms with E-state index in [4.69, 9.17) is 23.7 Å². The molecule has 6 rings (SSSR count). The van der Waals surface area contributed by atoms with Gasteiger partial charge in [0.15, 0.2) is 17.3 Å². The lowest BCUT2D eigenvalue weighted by atomic mass is 9.85. The van der Waals surface area contributed by atoms with Gasteiger partial charge in [-0.05, 0) is 42.0 Å². The van der Waals surface area contributed by atoms with Gasteiger partial charge < -0.3 is 23.7 Å². The SMILES string of the molecule is COC(=O)CC1c2cccnc2Oc2ccc3c(c21)OC(=Cc1ccc2c(c1)OCCO2)C3=O. The Kier molecular flexibility index (Phi) is 4.72. The number of methoxy groups -OCH3 is 1. The molecule has 3 aliphatic heterocycles. The molecule has 8 heteroatoms. The van der Waals surface area contributed by atoms with Crippen molar-refractivity contribution >= 4 is 17.8 Å². The summed E-state index contributed by atoms with van der Waals surface area (Å²) in [6.07, 6.45) is 3.35. The summed E-state index contributed by atoms with van der Waals surface area (Å²) in [7, 11) is 1.34. The van der Waals surface area contributed by atoms with Crippen LogP contribution in [0, 0.1) is 0 Å². The van der Waals surface area contributed by atoms with Crippen molar-refractivity contribution in [1.82, 2.24) is 4.98 Å². The van der Waals surface area contributed by atoms with E-state index in [1.54, 1.807) is 36.5 Å². The Morgan fingerprint density at radius 1 is 1.09 bits per heavy atom. The van der Waals surface area contributed by atoms with E-state index >= 15 is 0 Å². The van der Waals surface area contributed by atoms with E-state index in [1.165, 1.54) is 7.11 Å². The predicted octanol–water partition coefficient (Wildman–Crippen LogP) is 4.27. The summed E-state index contributed by atoms with van der Waals surface area (Å²) in [6, 6.07) is 12.5. The first-order valence-electron chi connectivity index (χ1n) is 10.8. The second-order valence-corrected chi connectivity index (χ2v) is 8.03. The van der Waals surface area contributed by atoms with Crippen LogP contribution in [0.25, 0.3) is 6.08 Å². The number of carbonyl (C=O) groups is 2. The third kappa shape index (κ3) is 3.26. The van der Waals surface area contributed by atoms with Gasteiger partial charge in [-0.2, -0.15) is 0 Å². The first kappa shape index (κ1) is 20.3. The molecule has 0 radical (unpaired) electrons. The van der Waals surface area contributed by atoms with Crippen molar-refractivity contribution in [3.8, 4) is 28.9 Å². The van der Waals surface area contributed by atoms with Crippen molar-refractivity contribution < 1.29 is 33.3 Å². The number of ether oxygens (including phenoxy) is 5. The van der Waals surface area contributed by atoms with Gasteiger partial charge in [-0.1, -0.05) is 12.1 Å². The number of hydrogen-bond acceptors (Lipinski definition) is 8. The van der Waals surface area contributed by atoms with E-state index in [0.29, 0.717) is 53.2 Å². The third-order valence-corrected chi connectivity index (χ3v) is 6.03. The van der Waals surface area contributed by atoms with Gasteiger partial charge >= 0.3 is 5.97 Å². The minimum absolute atomic E-state index is 0.0563. The Bertz CT molecular complexity index is 1380. The number of aromatic nitrogens is 1. The number of esters is 1. The van der Waals surface area contributed by atoms with E-state index in [1.807, 2.05) is 18.2 Å². The van der Waals surface area contributed by atoms with Gasteiger partial charge in [-0.15, -0.1) is 0 Å². The van der Waals surface area contributed by atoms with Gasteiger partial charge in [0.2, 0.25) is 11.7 Å². The van der Waals surface area contributed by atoms with Crippen molar-refractivity contribution in [2.75, 3.05) is 20.3 Å². The lowest BCUT2D eigenvalue weighted by Crippen LogP contribution is -2.16. The average Bonchev–Trinajstić information content (AvgIpc) is 3.18. The summed E-state index contributed by atoms with van der Waals surface area (Å²) >= 11 is 0. The second kappa shape index (κ2) is 7.91. The number of nitrogens with zero attached hydrogens (tertiary/aromatic N) is 1. The van der Waals surface area contributed by atoms with Gasteiger partial charge in [0.05, 0.1) is 19.1 Å². The summed E-state index contributed by atoms with van der Waals surface area (Å²) < 4.78 is 28.2.